The number of nitrogens with one attached hydrogen (secondary N) is 3. The number of aliphatic imine (C=N–C) groups is 1. The van der Waals surface area contributed by atoms with Crippen molar-refractivity contribution in [1.82, 2.24) is 20.6 Å². The molecule has 0 bridgehead atoms. The van der Waals surface area contributed by atoms with E-state index in [4.69, 9.17) is 0 Å². The molecule has 0 unspecified atom stereocenters. The van der Waals surface area contributed by atoms with Gasteiger partial charge in [-0.05, 0) is 44.2 Å². The maximum Gasteiger partial charge on any atom is 0.191 e. The predicted octanol–water partition coefficient (Wildman–Crippen LogP) is 3.78. The smallest absolute Gasteiger partial charge is 0.191 e. The minimum Gasteiger partial charge on any atom is -0.356 e. The second-order valence-electron chi connectivity index (χ2n) is 6.23. The first-order valence-corrected chi connectivity index (χ1v) is 8.91. The molecular weight excluding hydrogens is 425 g/mol. The molecule has 0 spiro atoms. The van der Waals surface area contributed by atoms with Crippen LogP contribution in [0.2, 0.25) is 0 Å². The molecule has 5 nitrogen and oxygen atoms in total. The zero-order valence-electron chi connectivity index (χ0n) is 14.8. The summed E-state index contributed by atoms with van der Waals surface area (Å²) in [6.45, 7) is 1.75. The number of halogens is 1. The highest BCUT2D eigenvalue weighted by Crippen LogP contribution is 2.19. The first-order valence-electron chi connectivity index (χ1n) is 8.91. The second kappa shape index (κ2) is 10.4. The number of rotatable bonds is 6. The number of H-pyrrole nitrogens is 1. The zero-order chi connectivity index (χ0) is 16.6. The highest BCUT2D eigenvalue weighted by Gasteiger charge is 2.05. The van der Waals surface area contributed by atoms with Crippen molar-refractivity contribution >= 4 is 41.0 Å². The Morgan fingerprint density at radius 3 is 2.68 bits per heavy atom. The molecule has 136 valence electrons. The minimum atomic E-state index is 0. The molecule has 3 N–H and O–H groups in total. The van der Waals surface area contributed by atoms with E-state index in [1.807, 2.05) is 25.2 Å². The number of hydrogen-bond donors (Lipinski definition) is 3. The molecule has 1 aromatic heterocycles. The standard InChI is InChI=1S/C19H27N5.HI/c1-20-19(21-13-11-15-7-3-2-4-8-15)22-14-12-18-23-16-9-5-6-10-17(16)24-18;/h5-7,9-10H,2-4,8,11-14H2,1H3,(H,23,24)(H2,20,21,22);1H. The summed E-state index contributed by atoms with van der Waals surface area (Å²) in [6, 6.07) is 8.12. The number of aromatic nitrogens is 2. The van der Waals surface area contributed by atoms with Crippen molar-refractivity contribution in [2.24, 2.45) is 4.99 Å². The van der Waals surface area contributed by atoms with Gasteiger partial charge in [0.25, 0.3) is 0 Å². The van der Waals surface area contributed by atoms with Crippen molar-refractivity contribution in [1.29, 1.82) is 0 Å². The van der Waals surface area contributed by atoms with Crippen LogP contribution in [0.5, 0.6) is 0 Å². The Morgan fingerprint density at radius 1 is 1.16 bits per heavy atom. The second-order valence-corrected chi connectivity index (χ2v) is 6.23. The van der Waals surface area contributed by atoms with Gasteiger partial charge in [0.1, 0.15) is 5.82 Å². The van der Waals surface area contributed by atoms with Crippen LogP contribution in [0.3, 0.4) is 0 Å². The van der Waals surface area contributed by atoms with Crippen LogP contribution >= 0.6 is 24.0 Å². The van der Waals surface area contributed by atoms with Gasteiger partial charge in [0.2, 0.25) is 0 Å². The summed E-state index contributed by atoms with van der Waals surface area (Å²) in [5.74, 6) is 1.87. The van der Waals surface area contributed by atoms with E-state index in [-0.39, 0.29) is 24.0 Å². The Kier molecular flexibility index (Phi) is 8.24. The molecule has 1 heterocycles. The maximum atomic E-state index is 4.60. The Labute approximate surface area is 166 Å². The van der Waals surface area contributed by atoms with Crippen LogP contribution in [0.1, 0.15) is 37.9 Å². The van der Waals surface area contributed by atoms with E-state index in [2.05, 4.69) is 37.7 Å². The van der Waals surface area contributed by atoms with Crippen molar-refractivity contribution in [2.45, 2.75) is 38.5 Å². The van der Waals surface area contributed by atoms with Crippen LogP contribution < -0.4 is 10.6 Å². The SMILES string of the molecule is CN=C(NCCC1=CCCCC1)NCCc1nc2ccccc2[nH]1.I. The zero-order valence-corrected chi connectivity index (χ0v) is 17.2. The lowest BCUT2D eigenvalue weighted by Gasteiger charge is -2.15. The van der Waals surface area contributed by atoms with Crippen LogP contribution in [-0.4, -0.2) is 36.1 Å². The molecule has 6 heteroatoms. The lowest BCUT2D eigenvalue weighted by Crippen LogP contribution is -2.38. The molecule has 0 radical (unpaired) electrons. The van der Waals surface area contributed by atoms with Gasteiger partial charge < -0.3 is 15.6 Å². The third-order valence-corrected chi connectivity index (χ3v) is 4.44. The number of nitrogens with zero attached hydrogens (tertiary/aromatic N) is 2. The normalized spacial score (nSPS) is 14.8. The van der Waals surface area contributed by atoms with Crippen molar-refractivity contribution < 1.29 is 0 Å². The van der Waals surface area contributed by atoms with Crippen molar-refractivity contribution in [3.8, 4) is 0 Å². The average molecular weight is 453 g/mol. The van der Waals surface area contributed by atoms with Crippen LogP contribution in [0, 0.1) is 0 Å². The van der Waals surface area contributed by atoms with E-state index in [0.717, 1.165) is 48.7 Å². The molecule has 0 amide bonds. The quantitative estimate of drug-likeness (QED) is 0.270. The third kappa shape index (κ3) is 6.02. The summed E-state index contributed by atoms with van der Waals surface area (Å²) in [5.41, 5.74) is 3.71. The van der Waals surface area contributed by atoms with Crippen LogP contribution in [-0.2, 0) is 6.42 Å². The van der Waals surface area contributed by atoms with Gasteiger partial charge in [-0.2, -0.15) is 0 Å². The molecule has 0 saturated carbocycles. The van der Waals surface area contributed by atoms with Gasteiger partial charge in [0, 0.05) is 26.6 Å². The highest BCUT2D eigenvalue weighted by atomic mass is 127. The molecule has 3 rings (SSSR count). The van der Waals surface area contributed by atoms with Gasteiger partial charge in [-0.25, -0.2) is 4.98 Å². The van der Waals surface area contributed by atoms with Crippen molar-refractivity contribution in [3.05, 3.63) is 41.7 Å². The van der Waals surface area contributed by atoms with Gasteiger partial charge in [0.05, 0.1) is 11.0 Å². The molecular formula is C19H28IN5. The van der Waals surface area contributed by atoms with Crippen molar-refractivity contribution in [2.75, 3.05) is 20.1 Å². The molecule has 1 aromatic carbocycles. The lowest BCUT2D eigenvalue weighted by molar-refractivity contribution is 0.665. The van der Waals surface area contributed by atoms with E-state index >= 15 is 0 Å². The predicted molar refractivity (Wildman–Crippen MR) is 116 cm³/mol. The summed E-state index contributed by atoms with van der Waals surface area (Å²) in [4.78, 5) is 12.2. The number of hydrogen-bond acceptors (Lipinski definition) is 2. The number of guanidine groups is 1. The van der Waals surface area contributed by atoms with E-state index in [1.165, 1.54) is 25.7 Å². The van der Waals surface area contributed by atoms with E-state index in [0.29, 0.717) is 0 Å². The Bertz CT molecular complexity index is 686. The van der Waals surface area contributed by atoms with E-state index in [9.17, 15) is 0 Å². The topological polar surface area (TPSA) is 65.1 Å². The highest BCUT2D eigenvalue weighted by molar-refractivity contribution is 14.0. The number of aromatic amines is 1. The minimum absolute atomic E-state index is 0. The van der Waals surface area contributed by atoms with E-state index < -0.39 is 0 Å². The molecule has 1 aliphatic rings. The lowest BCUT2D eigenvalue weighted by atomic mass is 9.97. The molecule has 2 aromatic rings. The summed E-state index contributed by atoms with van der Waals surface area (Å²) < 4.78 is 0. The number of para-hydroxylation sites is 2. The van der Waals surface area contributed by atoms with Crippen LogP contribution in [0.15, 0.2) is 40.9 Å². The first kappa shape index (κ1) is 19.8. The molecule has 25 heavy (non-hydrogen) atoms. The summed E-state index contributed by atoms with van der Waals surface area (Å²) in [5, 5.41) is 6.76. The van der Waals surface area contributed by atoms with Gasteiger partial charge in [-0.3, -0.25) is 4.99 Å². The summed E-state index contributed by atoms with van der Waals surface area (Å²) >= 11 is 0. The Balaban J connectivity index is 0.00000225. The third-order valence-electron chi connectivity index (χ3n) is 4.44. The number of allylic oxidation sites excluding steroid dienone is 1. The van der Waals surface area contributed by atoms with Gasteiger partial charge in [-0.15, -0.1) is 24.0 Å². The van der Waals surface area contributed by atoms with Gasteiger partial charge >= 0.3 is 0 Å². The summed E-state index contributed by atoms with van der Waals surface area (Å²) in [7, 11) is 1.82. The van der Waals surface area contributed by atoms with E-state index in [1.54, 1.807) is 5.57 Å². The largest absolute Gasteiger partial charge is 0.356 e. The fraction of sp³-hybridized carbons (Fsp3) is 0.474. The average Bonchev–Trinajstić information content (AvgIpc) is 3.04. The maximum absolute atomic E-state index is 4.60. The molecule has 1 aliphatic carbocycles. The summed E-state index contributed by atoms with van der Waals surface area (Å²) in [6.07, 6.45) is 9.57. The number of benzene rings is 1. The Hall–Kier alpha value is -1.57. The molecule has 0 aliphatic heterocycles. The monoisotopic (exact) mass is 453 g/mol. The van der Waals surface area contributed by atoms with Crippen LogP contribution in [0.25, 0.3) is 11.0 Å². The van der Waals surface area contributed by atoms with Gasteiger partial charge in [0.15, 0.2) is 5.96 Å². The van der Waals surface area contributed by atoms with Crippen LogP contribution in [0.4, 0.5) is 0 Å². The first-order chi connectivity index (χ1) is 11.8. The number of imidazole rings is 1. The molecule has 0 saturated heterocycles. The fourth-order valence-corrected chi connectivity index (χ4v) is 3.12. The fourth-order valence-electron chi connectivity index (χ4n) is 3.12. The molecule has 0 atom stereocenters. The number of fused-ring (bicyclic) bond motifs is 1. The Morgan fingerprint density at radius 2 is 1.96 bits per heavy atom. The van der Waals surface area contributed by atoms with Gasteiger partial charge in [-0.1, -0.05) is 23.8 Å². The molecule has 0 fully saturated rings. The van der Waals surface area contributed by atoms with Crippen molar-refractivity contribution in [3.63, 3.8) is 0 Å².